The number of anilines is 2. The fourth-order valence-corrected chi connectivity index (χ4v) is 4.14. The van der Waals surface area contributed by atoms with Crippen LogP contribution in [0.1, 0.15) is 12.8 Å². The van der Waals surface area contributed by atoms with E-state index in [2.05, 4.69) is 130 Å². The predicted molar refractivity (Wildman–Crippen MR) is 156 cm³/mol. The minimum absolute atomic E-state index is 0.975. The monoisotopic (exact) mass is 478 g/mol. The Morgan fingerprint density at radius 1 is 0.333 bits per heavy atom. The lowest BCUT2D eigenvalue weighted by Gasteiger charge is -2.10. The maximum Gasteiger partial charge on any atom is 0.0340 e. The SMILES string of the molecule is c1ccc(-c2ccc(NCCCNCCNCCCNc3ccc(-c4ccccc4)cc3)cc2)cc1. The van der Waals surface area contributed by atoms with Crippen LogP contribution in [-0.4, -0.2) is 39.3 Å². The highest BCUT2D eigenvalue weighted by Gasteiger charge is 1.99. The second-order valence-electron chi connectivity index (χ2n) is 8.95. The average molecular weight is 479 g/mol. The number of benzene rings is 4. The van der Waals surface area contributed by atoms with Gasteiger partial charge < -0.3 is 21.3 Å². The van der Waals surface area contributed by atoms with Gasteiger partial charge in [0.2, 0.25) is 0 Å². The molecule has 0 atom stereocenters. The van der Waals surface area contributed by atoms with Gasteiger partial charge >= 0.3 is 0 Å². The summed E-state index contributed by atoms with van der Waals surface area (Å²) in [5.74, 6) is 0. The molecule has 186 valence electrons. The topological polar surface area (TPSA) is 48.1 Å². The molecule has 0 radical (unpaired) electrons. The zero-order valence-corrected chi connectivity index (χ0v) is 21.0. The van der Waals surface area contributed by atoms with E-state index in [1.54, 1.807) is 0 Å². The van der Waals surface area contributed by atoms with E-state index in [0.717, 1.165) is 52.1 Å². The molecule has 4 aromatic rings. The lowest BCUT2D eigenvalue weighted by atomic mass is 10.1. The highest BCUT2D eigenvalue weighted by atomic mass is 14.9. The molecule has 4 aromatic carbocycles. The summed E-state index contributed by atoms with van der Waals surface area (Å²) in [6.45, 7) is 6.00. The first-order valence-electron chi connectivity index (χ1n) is 13.1. The molecule has 36 heavy (non-hydrogen) atoms. The lowest BCUT2D eigenvalue weighted by Crippen LogP contribution is -2.29. The molecule has 0 aromatic heterocycles. The van der Waals surface area contributed by atoms with Crippen LogP contribution in [0.2, 0.25) is 0 Å². The Morgan fingerprint density at radius 3 is 1.08 bits per heavy atom. The van der Waals surface area contributed by atoms with Crippen LogP contribution in [0.25, 0.3) is 22.3 Å². The van der Waals surface area contributed by atoms with E-state index >= 15 is 0 Å². The molecule has 0 fully saturated rings. The largest absolute Gasteiger partial charge is 0.385 e. The molecule has 0 spiro atoms. The maximum atomic E-state index is 3.52. The number of hydrogen-bond donors (Lipinski definition) is 4. The molecular formula is C32H38N4. The molecule has 0 saturated heterocycles. The molecule has 0 saturated carbocycles. The van der Waals surface area contributed by atoms with Crippen molar-refractivity contribution in [3.63, 3.8) is 0 Å². The fraction of sp³-hybridized carbons (Fsp3) is 0.250. The number of nitrogens with one attached hydrogen (secondary N) is 4. The van der Waals surface area contributed by atoms with Crippen LogP contribution < -0.4 is 21.3 Å². The van der Waals surface area contributed by atoms with Crippen LogP contribution >= 0.6 is 0 Å². The van der Waals surface area contributed by atoms with Gasteiger partial charge in [0.05, 0.1) is 0 Å². The Labute approximate surface area is 216 Å². The average Bonchev–Trinajstić information content (AvgIpc) is 2.95. The van der Waals surface area contributed by atoms with Crippen LogP contribution in [0, 0.1) is 0 Å². The van der Waals surface area contributed by atoms with Gasteiger partial charge in [-0.15, -0.1) is 0 Å². The van der Waals surface area contributed by atoms with Crippen LogP contribution in [0.5, 0.6) is 0 Å². The van der Waals surface area contributed by atoms with Crippen molar-refractivity contribution in [1.29, 1.82) is 0 Å². The third kappa shape index (κ3) is 8.56. The van der Waals surface area contributed by atoms with E-state index in [0.29, 0.717) is 0 Å². The van der Waals surface area contributed by atoms with Crippen LogP contribution in [0.3, 0.4) is 0 Å². The molecule has 0 aliphatic carbocycles. The van der Waals surface area contributed by atoms with Gasteiger partial charge in [-0.1, -0.05) is 84.9 Å². The van der Waals surface area contributed by atoms with E-state index in [1.807, 2.05) is 0 Å². The standard InChI is InChI=1S/C32H38N4/c1-3-9-27(10-4-1)29-13-17-31(18-14-29)35-23-7-21-33-25-26-34-22-8-24-36-32-19-15-30(16-20-32)28-11-5-2-6-12-28/h1-6,9-20,33-36H,7-8,21-26H2. The molecule has 4 rings (SSSR count). The van der Waals surface area contributed by atoms with Gasteiger partial charge in [-0.3, -0.25) is 0 Å². The van der Waals surface area contributed by atoms with Gasteiger partial charge in [-0.25, -0.2) is 0 Å². The highest BCUT2D eigenvalue weighted by Crippen LogP contribution is 2.22. The summed E-state index contributed by atoms with van der Waals surface area (Å²) in [6.07, 6.45) is 2.21. The molecule has 0 aliphatic heterocycles. The van der Waals surface area contributed by atoms with Crippen LogP contribution in [-0.2, 0) is 0 Å². The smallest absolute Gasteiger partial charge is 0.0340 e. The van der Waals surface area contributed by atoms with Crippen molar-refractivity contribution in [2.75, 3.05) is 49.9 Å². The normalized spacial score (nSPS) is 10.8. The van der Waals surface area contributed by atoms with Gasteiger partial charge in [-0.05, 0) is 72.5 Å². The van der Waals surface area contributed by atoms with Crippen molar-refractivity contribution in [3.05, 3.63) is 109 Å². The van der Waals surface area contributed by atoms with E-state index in [4.69, 9.17) is 0 Å². The van der Waals surface area contributed by atoms with Crippen molar-refractivity contribution in [2.45, 2.75) is 12.8 Å². The molecule has 0 aliphatic rings. The minimum atomic E-state index is 0.975. The third-order valence-corrected chi connectivity index (χ3v) is 6.18. The summed E-state index contributed by atoms with van der Waals surface area (Å²) in [5.41, 5.74) is 7.38. The summed E-state index contributed by atoms with van der Waals surface area (Å²) >= 11 is 0. The summed E-state index contributed by atoms with van der Waals surface area (Å²) in [7, 11) is 0. The zero-order chi connectivity index (χ0) is 24.7. The minimum Gasteiger partial charge on any atom is -0.385 e. The molecule has 4 nitrogen and oxygen atoms in total. The second kappa shape index (κ2) is 14.7. The molecule has 0 heterocycles. The van der Waals surface area contributed by atoms with Gasteiger partial charge in [0.15, 0.2) is 0 Å². The molecule has 4 heteroatoms. The number of rotatable bonds is 15. The summed E-state index contributed by atoms with van der Waals surface area (Å²) in [4.78, 5) is 0. The summed E-state index contributed by atoms with van der Waals surface area (Å²) in [6, 6.07) is 38.4. The fourth-order valence-electron chi connectivity index (χ4n) is 4.14. The Morgan fingerprint density at radius 2 is 0.694 bits per heavy atom. The van der Waals surface area contributed by atoms with Crippen molar-refractivity contribution in [3.8, 4) is 22.3 Å². The summed E-state index contributed by atoms with van der Waals surface area (Å²) < 4.78 is 0. The molecule has 0 unspecified atom stereocenters. The zero-order valence-electron chi connectivity index (χ0n) is 21.0. The van der Waals surface area contributed by atoms with Crippen molar-refractivity contribution >= 4 is 11.4 Å². The first-order valence-corrected chi connectivity index (χ1v) is 13.1. The lowest BCUT2D eigenvalue weighted by molar-refractivity contribution is 0.595. The molecule has 0 amide bonds. The first-order chi connectivity index (χ1) is 17.9. The van der Waals surface area contributed by atoms with Gasteiger partial charge in [0.1, 0.15) is 0 Å². The summed E-state index contributed by atoms with van der Waals surface area (Å²) in [5, 5.41) is 14.1. The van der Waals surface area contributed by atoms with Crippen molar-refractivity contribution in [1.82, 2.24) is 10.6 Å². The van der Waals surface area contributed by atoms with Crippen molar-refractivity contribution in [2.24, 2.45) is 0 Å². The first kappa shape index (κ1) is 25.5. The van der Waals surface area contributed by atoms with Gasteiger partial charge in [-0.2, -0.15) is 0 Å². The maximum absolute atomic E-state index is 3.52. The van der Waals surface area contributed by atoms with Gasteiger partial charge in [0, 0.05) is 37.6 Å². The van der Waals surface area contributed by atoms with Crippen LogP contribution in [0.4, 0.5) is 11.4 Å². The third-order valence-electron chi connectivity index (χ3n) is 6.18. The second-order valence-corrected chi connectivity index (χ2v) is 8.95. The van der Waals surface area contributed by atoms with E-state index < -0.39 is 0 Å². The van der Waals surface area contributed by atoms with E-state index in [-0.39, 0.29) is 0 Å². The quantitative estimate of drug-likeness (QED) is 0.147. The van der Waals surface area contributed by atoms with E-state index in [9.17, 15) is 0 Å². The Bertz CT molecular complexity index is 1020. The van der Waals surface area contributed by atoms with Crippen LogP contribution in [0.15, 0.2) is 109 Å². The molecular weight excluding hydrogens is 440 g/mol. The van der Waals surface area contributed by atoms with E-state index in [1.165, 1.54) is 33.6 Å². The predicted octanol–water partition coefficient (Wildman–Crippen LogP) is 6.50. The molecule has 0 bridgehead atoms. The molecule has 4 N–H and O–H groups in total. The Kier molecular flexibility index (Phi) is 10.4. The Balaban J connectivity index is 0.972. The number of hydrogen-bond acceptors (Lipinski definition) is 4. The Hall–Kier alpha value is -3.60. The highest BCUT2D eigenvalue weighted by molar-refractivity contribution is 5.66. The van der Waals surface area contributed by atoms with Gasteiger partial charge in [0.25, 0.3) is 0 Å². The van der Waals surface area contributed by atoms with Crippen molar-refractivity contribution < 1.29 is 0 Å².